The van der Waals surface area contributed by atoms with Gasteiger partial charge in [-0.2, -0.15) is 5.26 Å². The molecule has 5 heteroatoms. The van der Waals surface area contributed by atoms with Crippen LogP contribution in [-0.4, -0.2) is 14.1 Å². The molecule has 1 unspecified atom stereocenters. The van der Waals surface area contributed by atoms with Crippen molar-refractivity contribution in [3.8, 4) is 34.1 Å². The molecule has 0 radical (unpaired) electrons. The van der Waals surface area contributed by atoms with E-state index in [9.17, 15) is 5.26 Å². The van der Waals surface area contributed by atoms with Crippen molar-refractivity contribution in [2.45, 2.75) is 18.9 Å². The summed E-state index contributed by atoms with van der Waals surface area (Å²) in [6, 6.07) is 57.6. The smallest absolute Gasteiger partial charge is 0.107 e. The first-order valence-electron chi connectivity index (χ1n) is 17.8. The molecule has 1 aliphatic heterocycles. The molecule has 0 saturated carbocycles. The normalized spacial score (nSPS) is 14.4. The second kappa shape index (κ2) is 12.2. The van der Waals surface area contributed by atoms with Gasteiger partial charge < -0.3 is 9.88 Å². The molecule has 0 spiro atoms. The SMILES string of the molecule is N#Cc1cccc(-c2cc(-c3ccccc3)nc(C3CCC=C(n4c5ccccc5c5ccc6c7ccccc7n(-c7ccccc7)c6c54)N3)c2)c1. The lowest BCUT2D eigenvalue weighted by Crippen LogP contribution is -2.27. The number of allylic oxidation sites excluding steroid dienone is 1. The molecular formula is C47H33N5. The van der Waals surface area contributed by atoms with Gasteiger partial charge in [0.05, 0.1) is 51.1 Å². The summed E-state index contributed by atoms with van der Waals surface area (Å²) in [5.74, 6) is 1.06. The molecule has 6 aromatic carbocycles. The molecular weight excluding hydrogens is 635 g/mol. The van der Waals surface area contributed by atoms with E-state index in [4.69, 9.17) is 4.98 Å². The third-order valence-electron chi connectivity index (χ3n) is 10.4. The first-order chi connectivity index (χ1) is 25.7. The van der Waals surface area contributed by atoms with E-state index in [1.807, 2.05) is 24.3 Å². The van der Waals surface area contributed by atoms with Gasteiger partial charge in [0.25, 0.3) is 0 Å². The minimum absolute atomic E-state index is 0.0306. The predicted molar refractivity (Wildman–Crippen MR) is 213 cm³/mol. The number of hydrogen-bond donors (Lipinski definition) is 1. The number of hydrogen-bond acceptors (Lipinski definition) is 3. The highest BCUT2D eigenvalue weighted by Crippen LogP contribution is 2.42. The second-order valence-electron chi connectivity index (χ2n) is 13.5. The Morgan fingerprint density at radius 3 is 1.94 bits per heavy atom. The van der Waals surface area contributed by atoms with Crippen LogP contribution >= 0.6 is 0 Å². The molecule has 246 valence electrons. The van der Waals surface area contributed by atoms with E-state index in [1.165, 1.54) is 38.1 Å². The number of rotatable bonds is 5. The van der Waals surface area contributed by atoms with E-state index < -0.39 is 0 Å². The summed E-state index contributed by atoms with van der Waals surface area (Å²) in [6.45, 7) is 0. The van der Waals surface area contributed by atoms with Crippen molar-refractivity contribution in [3.05, 3.63) is 175 Å². The number of fused-ring (bicyclic) bond motifs is 7. The number of benzene rings is 6. The number of para-hydroxylation sites is 3. The largest absolute Gasteiger partial charge is 0.363 e. The lowest BCUT2D eigenvalue weighted by atomic mass is 9.97. The summed E-state index contributed by atoms with van der Waals surface area (Å²) < 4.78 is 4.87. The van der Waals surface area contributed by atoms with Gasteiger partial charge in [-0.25, -0.2) is 0 Å². The van der Waals surface area contributed by atoms with Gasteiger partial charge in [-0.05, 0) is 78.6 Å². The maximum absolute atomic E-state index is 9.68. The molecule has 1 atom stereocenters. The number of nitrogens with zero attached hydrogens (tertiary/aromatic N) is 4. The Morgan fingerprint density at radius 2 is 1.21 bits per heavy atom. The fraction of sp³-hybridized carbons (Fsp3) is 0.0638. The van der Waals surface area contributed by atoms with Crippen LogP contribution in [0.4, 0.5) is 0 Å². The maximum atomic E-state index is 9.68. The van der Waals surface area contributed by atoms with Gasteiger partial charge in [-0.15, -0.1) is 0 Å². The number of nitriles is 1. The summed E-state index contributed by atoms with van der Waals surface area (Å²) in [6.07, 6.45) is 4.15. The summed E-state index contributed by atoms with van der Waals surface area (Å²) in [4.78, 5) is 5.30. The summed E-state index contributed by atoms with van der Waals surface area (Å²) >= 11 is 0. The van der Waals surface area contributed by atoms with Crippen molar-refractivity contribution >= 4 is 49.4 Å². The van der Waals surface area contributed by atoms with E-state index in [0.29, 0.717) is 5.56 Å². The van der Waals surface area contributed by atoms with Crippen molar-refractivity contribution < 1.29 is 0 Å². The average molecular weight is 668 g/mol. The molecule has 3 aromatic heterocycles. The van der Waals surface area contributed by atoms with Crippen LogP contribution in [0.5, 0.6) is 0 Å². The van der Waals surface area contributed by atoms with Crippen LogP contribution in [0.2, 0.25) is 0 Å². The zero-order valence-corrected chi connectivity index (χ0v) is 28.4. The number of nitrogens with one attached hydrogen (secondary N) is 1. The fourth-order valence-electron chi connectivity index (χ4n) is 8.09. The molecule has 10 rings (SSSR count). The van der Waals surface area contributed by atoms with Crippen LogP contribution in [0, 0.1) is 11.3 Å². The van der Waals surface area contributed by atoms with Gasteiger partial charge in [0.2, 0.25) is 0 Å². The Hall–Kier alpha value is -6.90. The molecule has 0 bridgehead atoms. The predicted octanol–water partition coefficient (Wildman–Crippen LogP) is 11.4. The van der Waals surface area contributed by atoms with Crippen LogP contribution < -0.4 is 5.32 Å². The van der Waals surface area contributed by atoms with E-state index in [2.05, 4.69) is 160 Å². The number of aromatic nitrogens is 3. The zero-order valence-electron chi connectivity index (χ0n) is 28.4. The van der Waals surface area contributed by atoms with Gasteiger partial charge >= 0.3 is 0 Å². The van der Waals surface area contributed by atoms with Gasteiger partial charge in [0.1, 0.15) is 5.82 Å². The van der Waals surface area contributed by atoms with Crippen molar-refractivity contribution in [3.63, 3.8) is 0 Å². The van der Waals surface area contributed by atoms with E-state index in [1.54, 1.807) is 0 Å². The lowest BCUT2D eigenvalue weighted by Gasteiger charge is -2.28. The van der Waals surface area contributed by atoms with Crippen molar-refractivity contribution in [2.24, 2.45) is 0 Å². The Bertz CT molecular complexity index is 2890. The second-order valence-corrected chi connectivity index (χ2v) is 13.5. The first kappa shape index (κ1) is 30.0. The summed E-state index contributed by atoms with van der Waals surface area (Å²) in [7, 11) is 0. The van der Waals surface area contributed by atoms with E-state index in [0.717, 1.165) is 57.9 Å². The fourth-order valence-corrected chi connectivity index (χ4v) is 8.09. The Balaban J connectivity index is 1.18. The average Bonchev–Trinajstić information content (AvgIpc) is 3.75. The highest BCUT2D eigenvalue weighted by atomic mass is 15.2. The topological polar surface area (TPSA) is 58.6 Å². The molecule has 0 fully saturated rings. The molecule has 4 heterocycles. The van der Waals surface area contributed by atoms with Crippen molar-refractivity contribution in [1.82, 2.24) is 19.4 Å². The van der Waals surface area contributed by atoms with E-state index >= 15 is 0 Å². The van der Waals surface area contributed by atoms with Crippen LogP contribution in [0.1, 0.15) is 30.1 Å². The molecule has 52 heavy (non-hydrogen) atoms. The standard InChI is InChI=1S/C47H33N5/c48-30-31-13-11-16-33(27-31)34-28-41(32-14-3-1-4-15-32)49-42(29-34)40-21-12-24-45(50-40)52-44-23-10-8-20-37(44)39-26-25-38-36-19-7-9-22-43(36)51(46(38)47(39)52)35-17-5-2-6-18-35/h1-11,13-20,22-29,40,50H,12,21H2. The first-order valence-corrected chi connectivity index (χ1v) is 17.8. The molecule has 5 nitrogen and oxygen atoms in total. The van der Waals surface area contributed by atoms with Crippen molar-refractivity contribution in [2.75, 3.05) is 0 Å². The Morgan fingerprint density at radius 1 is 0.577 bits per heavy atom. The van der Waals surface area contributed by atoms with Crippen LogP contribution in [-0.2, 0) is 0 Å². The highest BCUT2D eigenvalue weighted by molar-refractivity contribution is 6.24. The van der Waals surface area contributed by atoms with E-state index in [-0.39, 0.29) is 6.04 Å². The van der Waals surface area contributed by atoms with Crippen LogP contribution in [0.25, 0.3) is 77.5 Å². The quantitative estimate of drug-likeness (QED) is 0.199. The highest BCUT2D eigenvalue weighted by Gasteiger charge is 2.25. The zero-order chi connectivity index (χ0) is 34.6. The molecule has 1 aliphatic rings. The summed E-state index contributed by atoms with van der Waals surface area (Å²) in [5, 5.41) is 18.6. The molecule has 0 amide bonds. The molecule has 9 aromatic rings. The minimum atomic E-state index is -0.0306. The minimum Gasteiger partial charge on any atom is -0.363 e. The third kappa shape index (κ3) is 4.80. The van der Waals surface area contributed by atoms with Gasteiger partial charge in [-0.1, -0.05) is 109 Å². The summed E-state index contributed by atoms with van der Waals surface area (Å²) in [5.41, 5.74) is 11.5. The third-order valence-corrected chi connectivity index (χ3v) is 10.4. The number of pyridine rings is 1. The Labute approximate surface area is 301 Å². The van der Waals surface area contributed by atoms with Gasteiger partial charge in [0.15, 0.2) is 0 Å². The van der Waals surface area contributed by atoms with Crippen molar-refractivity contribution in [1.29, 1.82) is 5.26 Å². The molecule has 0 aliphatic carbocycles. The monoisotopic (exact) mass is 667 g/mol. The molecule has 1 N–H and O–H groups in total. The van der Waals surface area contributed by atoms with Gasteiger partial charge in [-0.3, -0.25) is 9.55 Å². The maximum Gasteiger partial charge on any atom is 0.107 e. The molecule has 0 saturated heterocycles. The Kier molecular flexibility index (Phi) is 7.00. The van der Waals surface area contributed by atoms with Crippen LogP contribution in [0.3, 0.4) is 0 Å². The lowest BCUT2D eigenvalue weighted by molar-refractivity contribution is 0.540. The van der Waals surface area contributed by atoms with Crippen LogP contribution in [0.15, 0.2) is 164 Å². The van der Waals surface area contributed by atoms with Gasteiger partial charge in [0, 0.05) is 32.8 Å².